The Kier molecular flexibility index (Phi) is 4.06. The van der Waals surface area contributed by atoms with Gasteiger partial charge in [-0.05, 0) is 56.1 Å². The van der Waals surface area contributed by atoms with Gasteiger partial charge in [0.15, 0.2) is 9.84 Å². The number of hydrogen-bond acceptors (Lipinski definition) is 4. The fraction of sp³-hybridized carbons (Fsp3) is 0.688. The summed E-state index contributed by atoms with van der Waals surface area (Å²) in [6, 6.07) is 3.83. The Hall–Kier alpha value is -0.940. The maximum atomic E-state index is 11.8. The molecule has 0 bridgehead atoms. The van der Waals surface area contributed by atoms with E-state index >= 15 is 0 Å². The minimum atomic E-state index is -3.20. The van der Waals surface area contributed by atoms with Crippen molar-refractivity contribution in [3.63, 3.8) is 0 Å². The van der Waals surface area contributed by atoms with Gasteiger partial charge in [0.1, 0.15) is 0 Å². The van der Waals surface area contributed by atoms with Gasteiger partial charge in [0.2, 0.25) is 0 Å². The minimum absolute atomic E-state index is 0.351. The average Bonchev–Trinajstić information content (AvgIpc) is 2.43. The molecule has 5 heteroatoms. The summed E-state index contributed by atoms with van der Waals surface area (Å²) in [5.41, 5.74) is 1.31. The van der Waals surface area contributed by atoms with Crippen molar-refractivity contribution in [3.8, 4) is 0 Å². The molecule has 2 aliphatic carbocycles. The van der Waals surface area contributed by atoms with Gasteiger partial charge in [0.05, 0.1) is 10.6 Å². The quantitative estimate of drug-likeness (QED) is 0.929. The normalized spacial score (nSPS) is 22.1. The topological polar surface area (TPSA) is 59.1 Å². The first kappa shape index (κ1) is 15.0. The summed E-state index contributed by atoms with van der Waals surface area (Å²) in [6.45, 7) is 0.543. The Bertz CT molecular complexity index is 598. The first-order chi connectivity index (χ1) is 9.99. The number of nitrogens with one attached hydrogen (secondary N) is 1. The van der Waals surface area contributed by atoms with Crippen LogP contribution in [0.3, 0.4) is 0 Å². The van der Waals surface area contributed by atoms with Crippen molar-refractivity contribution >= 4 is 9.84 Å². The van der Waals surface area contributed by atoms with Crippen molar-refractivity contribution in [1.82, 2.24) is 10.3 Å². The van der Waals surface area contributed by atoms with Gasteiger partial charge in [-0.1, -0.05) is 6.42 Å². The smallest absolute Gasteiger partial charge is 0.177 e. The molecule has 0 radical (unpaired) electrons. The molecule has 2 aliphatic rings. The third-order valence-electron chi connectivity index (χ3n) is 5.27. The van der Waals surface area contributed by atoms with E-state index in [0.717, 1.165) is 0 Å². The van der Waals surface area contributed by atoms with Crippen LogP contribution in [0.5, 0.6) is 0 Å². The number of sulfone groups is 1. The van der Waals surface area contributed by atoms with Crippen molar-refractivity contribution in [2.75, 3.05) is 6.26 Å². The van der Waals surface area contributed by atoms with Gasteiger partial charge in [-0.2, -0.15) is 0 Å². The van der Waals surface area contributed by atoms with E-state index in [9.17, 15) is 8.42 Å². The standard InChI is InChI=1S/C16H24N2O2S/c1-21(19,20)15-4-2-11-17-14(15)12-18-13-5-9-16(10-6-13)7-3-8-16/h2,4,11,13,18H,3,5-10,12H2,1H3. The molecule has 0 saturated heterocycles. The van der Waals surface area contributed by atoms with Crippen LogP contribution in [-0.4, -0.2) is 25.7 Å². The molecule has 0 aliphatic heterocycles. The van der Waals surface area contributed by atoms with Crippen LogP contribution in [0.1, 0.15) is 50.6 Å². The molecule has 3 rings (SSSR count). The van der Waals surface area contributed by atoms with E-state index in [2.05, 4.69) is 10.3 Å². The van der Waals surface area contributed by atoms with Crippen LogP contribution >= 0.6 is 0 Å². The highest BCUT2D eigenvalue weighted by Gasteiger charge is 2.39. The summed E-state index contributed by atoms with van der Waals surface area (Å²) >= 11 is 0. The Morgan fingerprint density at radius 1 is 1.29 bits per heavy atom. The van der Waals surface area contributed by atoms with E-state index in [-0.39, 0.29) is 0 Å². The van der Waals surface area contributed by atoms with Crippen LogP contribution in [0.15, 0.2) is 23.2 Å². The molecule has 21 heavy (non-hydrogen) atoms. The maximum Gasteiger partial charge on any atom is 0.177 e. The van der Waals surface area contributed by atoms with E-state index in [0.29, 0.717) is 28.6 Å². The zero-order valence-corrected chi connectivity index (χ0v) is 13.5. The minimum Gasteiger partial charge on any atom is -0.308 e. The number of nitrogens with zero attached hydrogens (tertiary/aromatic N) is 1. The molecule has 1 N–H and O–H groups in total. The van der Waals surface area contributed by atoms with Gasteiger partial charge in [-0.25, -0.2) is 8.42 Å². The molecule has 4 nitrogen and oxygen atoms in total. The SMILES string of the molecule is CS(=O)(=O)c1cccnc1CNC1CCC2(CCC2)CC1. The molecule has 0 aromatic carbocycles. The Labute approximate surface area is 127 Å². The second kappa shape index (κ2) is 5.69. The molecule has 2 saturated carbocycles. The van der Waals surface area contributed by atoms with Crippen LogP contribution in [0, 0.1) is 5.41 Å². The predicted molar refractivity (Wildman–Crippen MR) is 82.7 cm³/mol. The highest BCUT2D eigenvalue weighted by atomic mass is 32.2. The summed E-state index contributed by atoms with van der Waals surface area (Å²) in [4.78, 5) is 4.59. The highest BCUT2D eigenvalue weighted by Crippen LogP contribution is 2.51. The van der Waals surface area contributed by atoms with Gasteiger partial charge in [0, 0.05) is 25.0 Å². The van der Waals surface area contributed by atoms with Crippen molar-refractivity contribution in [1.29, 1.82) is 0 Å². The lowest BCUT2D eigenvalue weighted by Crippen LogP contribution is -2.40. The van der Waals surface area contributed by atoms with E-state index in [4.69, 9.17) is 0 Å². The first-order valence-corrected chi connectivity index (χ1v) is 9.75. The third-order valence-corrected chi connectivity index (χ3v) is 6.44. The van der Waals surface area contributed by atoms with Crippen LogP contribution in [0.25, 0.3) is 0 Å². The number of aromatic nitrogens is 1. The van der Waals surface area contributed by atoms with Crippen LogP contribution in [0.2, 0.25) is 0 Å². The molecule has 1 aromatic rings. The molecule has 1 aromatic heterocycles. The molecule has 2 fully saturated rings. The molecular formula is C16H24N2O2S. The monoisotopic (exact) mass is 308 g/mol. The second-order valence-corrected chi connectivity index (χ2v) is 8.71. The molecule has 116 valence electrons. The van der Waals surface area contributed by atoms with E-state index in [1.165, 1.54) is 51.2 Å². The van der Waals surface area contributed by atoms with Crippen molar-refractivity contribution < 1.29 is 8.42 Å². The van der Waals surface area contributed by atoms with E-state index in [1.807, 2.05) is 0 Å². The molecule has 0 atom stereocenters. The summed E-state index contributed by atoms with van der Waals surface area (Å²) in [5, 5.41) is 3.51. The Balaban J connectivity index is 1.59. The lowest BCUT2D eigenvalue weighted by atomic mass is 9.60. The highest BCUT2D eigenvalue weighted by molar-refractivity contribution is 7.90. The fourth-order valence-electron chi connectivity index (χ4n) is 3.75. The van der Waals surface area contributed by atoms with Crippen molar-refractivity contribution in [2.24, 2.45) is 5.41 Å². The van der Waals surface area contributed by atoms with Gasteiger partial charge in [-0.3, -0.25) is 4.98 Å². The zero-order valence-electron chi connectivity index (χ0n) is 12.6. The van der Waals surface area contributed by atoms with Gasteiger partial charge in [-0.15, -0.1) is 0 Å². The molecule has 1 spiro atoms. The summed E-state index contributed by atoms with van der Waals surface area (Å²) in [6.07, 6.45) is 12.2. The van der Waals surface area contributed by atoms with Gasteiger partial charge >= 0.3 is 0 Å². The first-order valence-electron chi connectivity index (χ1n) is 7.86. The fourth-order valence-corrected chi connectivity index (χ4v) is 4.62. The average molecular weight is 308 g/mol. The molecule has 0 amide bonds. The number of rotatable bonds is 4. The van der Waals surface area contributed by atoms with E-state index in [1.54, 1.807) is 18.3 Å². The molecule has 0 unspecified atom stereocenters. The summed E-state index contributed by atoms with van der Waals surface area (Å²) in [7, 11) is -3.20. The lowest BCUT2D eigenvalue weighted by molar-refractivity contribution is 0.0638. The summed E-state index contributed by atoms with van der Waals surface area (Å²) < 4.78 is 23.5. The van der Waals surface area contributed by atoms with Crippen LogP contribution < -0.4 is 5.32 Å². The second-order valence-electron chi connectivity index (χ2n) is 6.73. The van der Waals surface area contributed by atoms with Crippen molar-refractivity contribution in [2.45, 2.75) is 62.4 Å². The molecular weight excluding hydrogens is 284 g/mol. The molecule has 1 heterocycles. The third kappa shape index (κ3) is 3.29. The summed E-state index contributed by atoms with van der Waals surface area (Å²) in [5.74, 6) is 0. The van der Waals surface area contributed by atoms with Crippen LogP contribution in [-0.2, 0) is 16.4 Å². The zero-order chi connectivity index (χ0) is 14.9. The van der Waals surface area contributed by atoms with Crippen LogP contribution in [0.4, 0.5) is 0 Å². The Morgan fingerprint density at radius 2 is 2.00 bits per heavy atom. The lowest BCUT2D eigenvalue weighted by Gasteiger charge is -2.47. The Morgan fingerprint density at radius 3 is 2.57 bits per heavy atom. The van der Waals surface area contributed by atoms with Gasteiger partial charge < -0.3 is 5.32 Å². The maximum absolute atomic E-state index is 11.8. The number of pyridine rings is 1. The van der Waals surface area contributed by atoms with Gasteiger partial charge in [0.25, 0.3) is 0 Å². The predicted octanol–water partition coefficient (Wildman–Crippen LogP) is 2.69. The van der Waals surface area contributed by atoms with Crippen molar-refractivity contribution in [3.05, 3.63) is 24.0 Å². The van der Waals surface area contributed by atoms with E-state index < -0.39 is 9.84 Å². The largest absolute Gasteiger partial charge is 0.308 e. The number of hydrogen-bond donors (Lipinski definition) is 1.